The average molecular weight is 226 g/mol. The van der Waals surface area contributed by atoms with Crippen molar-refractivity contribution < 1.29 is 19.4 Å². The Balaban J connectivity index is 2.00. The molecule has 0 spiro atoms. The summed E-state index contributed by atoms with van der Waals surface area (Å²) in [5.41, 5.74) is -0.110. The van der Waals surface area contributed by atoms with Crippen molar-refractivity contribution in [1.82, 2.24) is 4.98 Å². The Bertz CT molecular complexity index is 377. The first-order valence-corrected chi connectivity index (χ1v) is 5.27. The molecule has 0 saturated heterocycles. The monoisotopic (exact) mass is 226 g/mol. The summed E-state index contributed by atoms with van der Waals surface area (Å²) >= 11 is 0. The lowest BCUT2D eigenvalue weighted by molar-refractivity contribution is 0.0690. The van der Waals surface area contributed by atoms with Crippen LogP contribution in [0.1, 0.15) is 29.8 Å². The van der Waals surface area contributed by atoms with E-state index in [1.54, 1.807) is 0 Å². The molecule has 2 unspecified atom stereocenters. The van der Waals surface area contributed by atoms with Gasteiger partial charge in [0.25, 0.3) is 6.01 Å². The van der Waals surface area contributed by atoms with Crippen molar-refractivity contribution in [3.05, 3.63) is 12.0 Å². The molecular weight excluding hydrogens is 212 g/mol. The molecule has 16 heavy (non-hydrogen) atoms. The molecule has 1 heterocycles. The molecule has 1 aliphatic rings. The second kappa shape index (κ2) is 4.52. The summed E-state index contributed by atoms with van der Waals surface area (Å²) in [4.78, 5) is 14.4. The van der Waals surface area contributed by atoms with Gasteiger partial charge >= 0.3 is 5.97 Å². The van der Waals surface area contributed by atoms with Crippen LogP contribution in [0, 0.1) is 5.92 Å². The highest BCUT2D eigenvalue weighted by Gasteiger charge is 2.27. The molecule has 1 aliphatic carbocycles. The minimum Gasteiger partial charge on any atom is -0.476 e. The van der Waals surface area contributed by atoms with Crippen molar-refractivity contribution in [2.75, 3.05) is 11.9 Å². The van der Waals surface area contributed by atoms with Gasteiger partial charge in [-0.1, -0.05) is 6.42 Å². The fraction of sp³-hybridized carbons (Fsp3) is 0.600. The normalized spacial score (nSPS) is 24.6. The van der Waals surface area contributed by atoms with Crippen LogP contribution in [0.2, 0.25) is 0 Å². The number of aromatic carboxylic acids is 1. The molecule has 0 bridgehead atoms. The third-order valence-corrected chi connectivity index (χ3v) is 2.93. The van der Waals surface area contributed by atoms with Crippen LogP contribution in [-0.2, 0) is 0 Å². The van der Waals surface area contributed by atoms with Gasteiger partial charge in [-0.2, -0.15) is 4.98 Å². The molecule has 2 rings (SSSR count). The molecule has 6 heteroatoms. The summed E-state index contributed by atoms with van der Waals surface area (Å²) in [6.07, 6.45) is 4.07. The Labute approximate surface area is 92.3 Å². The highest BCUT2D eigenvalue weighted by Crippen LogP contribution is 2.27. The number of rotatable bonds is 4. The number of carboxylic acids is 1. The van der Waals surface area contributed by atoms with Crippen LogP contribution in [0.3, 0.4) is 0 Å². The molecule has 3 N–H and O–H groups in total. The summed E-state index contributed by atoms with van der Waals surface area (Å²) in [7, 11) is 0. The first kappa shape index (κ1) is 10.9. The van der Waals surface area contributed by atoms with E-state index >= 15 is 0 Å². The first-order chi connectivity index (χ1) is 7.70. The van der Waals surface area contributed by atoms with Crippen LogP contribution in [0.4, 0.5) is 6.01 Å². The molecular formula is C10H14N2O4. The number of hydrogen-bond acceptors (Lipinski definition) is 5. The van der Waals surface area contributed by atoms with Crippen molar-refractivity contribution in [3.63, 3.8) is 0 Å². The highest BCUT2D eigenvalue weighted by atomic mass is 16.4. The first-order valence-electron chi connectivity index (χ1n) is 5.27. The van der Waals surface area contributed by atoms with Crippen molar-refractivity contribution in [1.29, 1.82) is 0 Å². The number of hydrogen-bond donors (Lipinski definition) is 3. The molecule has 6 nitrogen and oxygen atoms in total. The molecule has 0 radical (unpaired) electrons. The minimum atomic E-state index is -1.11. The Morgan fingerprint density at radius 2 is 2.44 bits per heavy atom. The lowest BCUT2D eigenvalue weighted by Gasteiger charge is -2.17. The lowest BCUT2D eigenvalue weighted by atomic mass is 10.1. The van der Waals surface area contributed by atoms with Crippen LogP contribution in [0.5, 0.6) is 0 Å². The number of carbonyl (C=O) groups is 1. The summed E-state index contributed by atoms with van der Waals surface area (Å²) in [5, 5.41) is 20.8. The van der Waals surface area contributed by atoms with Gasteiger partial charge in [0.15, 0.2) is 5.69 Å². The molecule has 1 saturated carbocycles. The topological polar surface area (TPSA) is 95.6 Å². The number of nitrogens with zero attached hydrogens (tertiary/aromatic N) is 1. The van der Waals surface area contributed by atoms with Crippen LogP contribution in [0.15, 0.2) is 10.7 Å². The lowest BCUT2D eigenvalue weighted by Crippen LogP contribution is -2.26. The van der Waals surface area contributed by atoms with Gasteiger partial charge in [-0.15, -0.1) is 0 Å². The van der Waals surface area contributed by atoms with Gasteiger partial charge in [0, 0.05) is 18.6 Å². The van der Waals surface area contributed by atoms with Gasteiger partial charge in [0.1, 0.15) is 6.26 Å². The Morgan fingerprint density at radius 1 is 1.62 bits per heavy atom. The molecule has 1 aromatic rings. The third-order valence-electron chi connectivity index (χ3n) is 2.93. The maximum absolute atomic E-state index is 10.6. The summed E-state index contributed by atoms with van der Waals surface area (Å²) in [6, 6.07) is 0.327. The van der Waals surface area contributed by atoms with Gasteiger partial charge in [-0.05, 0) is 12.8 Å². The fourth-order valence-electron chi connectivity index (χ4n) is 2.04. The number of aliphatic hydroxyl groups excluding tert-OH is 1. The van der Waals surface area contributed by atoms with E-state index < -0.39 is 5.97 Å². The molecule has 2 atom stereocenters. The third kappa shape index (κ3) is 2.16. The van der Waals surface area contributed by atoms with Crippen LogP contribution < -0.4 is 5.32 Å². The molecule has 1 aromatic heterocycles. The van der Waals surface area contributed by atoms with E-state index in [1.165, 1.54) is 0 Å². The van der Waals surface area contributed by atoms with Gasteiger partial charge in [0.2, 0.25) is 0 Å². The number of anilines is 1. The van der Waals surface area contributed by atoms with Gasteiger partial charge < -0.3 is 19.9 Å². The number of oxazole rings is 1. The fourth-order valence-corrected chi connectivity index (χ4v) is 2.04. The molecule has 0 aromatic carbocycles. The predicted molar refractivity (Wildman–Crippen MR) is 55.3 cm³/mol. The Kier molecular flexibility index (Phi) is 3.09. The van der Waals surface area contributed by atoms with E-state index in [-0.39, 0.29) is 30.3 Å². The van der Waals surface area contributed by atoms with Gasteiger partial charge in [-0.3, -0.25) is 0 Å². The van der Waals surface area contributed by atoms with E-state index in [0.717, 1.165) is 25.5 Å². The maximum atomic E-state index is 10.6. The molecule has 0 aliphatic heterocycles. The standard InChI is InChI=1S/C10H14N2O4/c13-4-6-2-1-3-7(6)11-10-12-8(5-16-10)9(14)15/h5-7,13H,1-4H2,(H,11,12)(H,14,15). The van der Waals surface area contributed by atoms with E-state index in [9.17, 15) is 4.79 Å². The van der Waals surface area contributed by atoms with Crippen LogP contribution >= 0.6 is 0 Å². The van der Waals surface area contributed by atoms with Crippen molar-refractivity contribution in [2.45, 2.75) is 25.3 Å². The number of carboxylic acid groups (broad SMARTS) is 1. The maximum Gasteiger partial charge on any atom is 0.357 e. The second-order valence-corrected chi connectivity index (χ2v) is 3.97. The molecule has 88 valence electrons. The highest BCUT2D eigenvalue weighted by molar-refractivity contribution is 5.85. The summed E-state index contributed by atoms with van der Waals surface area (Å²) in [5.74, 6) is -0.915. The largest absolute Gasteiger partial charge is 0.476 e. The van der Waals surface area contributed by atoms with E-state index in [4.69, 9.17) is 14.6 Å². The summed E-state index contributed by atoms with van der Waals surface area (Å²) < 4.78 is 5.00. The van der Waals surface area contributed by atoms with Crippen molar-refractivity contribution >= 4 is 12.0 Å². The minimum absolute atomic E-state index is 0.110. The Morgan fingerprint density at radius 3 is 3.06 bits per heavy atom. The second-order valence-electron chi connectivity index (χ2n) is 3.97. The molecule has 0 amide bonds. The quantitative estimate of drug-likeness (QED) is 0.707. The summed E-state index contributed by atoms with van der Waals surface area (Å²) in [6.45, 7) is 0.129. The Hall–Kier alpha value is -1.56. The van der Waals surface area contributed by atoms with Crippen LogP contribution in [0.25, 0.3) is 0 Å². The van der Waals surface area contributed by atoms with Gasteiger partial charge in [0.05, 0.1) is 0 Å². The van der Waals surface area contributed by atoms with Crippen molar-refractivity contribution in [2.24, 2.45) is 5.92 Å². The molecule has 1 fully saturated rings. The van der Waals surface area contributed by atoms with Gasteiger partial charge in [-0.25, -0.2) is 4.79 Å². The average Bonchev–Trinajstić information content (AvgIpc) is 2.87. The zero-order valence-electron chi connectivity index (χ0n) is 8.72. The number of aromatic nitrogens is 1. The zero-order chi connectivity index (χ0) is 11.5. The number of nitrogens with one attached hydrogen (secondary N) is 1. The predicted octanol–water partition coefficient (Wildman–Crippen LogP) is 0.946. The van der Waals surface area contributed by atoms with Crippen LogP contribution in [-0.4, -0.2) is 33.8 Å². The van der Waals surface area contributed by atoms with Crippen molar-refractivity contribution in [3.8, 4) is 0 Å². The van der Waals surface area contributed by atoms with E-state index in [0.29, 0.717) is 0 Å². The smallest absolute Gasteiger partial charge is 0.357 e. The SMILES string of the molecule is O=C(O)c1coc(NC2CCCC2CO)n1. The van der Waals surface area contributed by atoms with E-state index in [1.807, 2.05) is 0 Å². The number of aliphatic hydroxyl groups is 1. The van der Waals surface area contributed by atoms with E-state index in [2.05, 4.69) is 10.3 Å². The zero-order valence-corrected chi connectivity index (χ0v) is 8.72.